The lowest BCUT2D eigenvalue weighted by Crippen LogP contribution is -2.48. The number of carbonyl (C=O) groups excluding carboxylic acids is 1. The van der Waals surface area contributed by atoms with E-state index >= 15 is 0 Å². The molecule has 0 aromatic heterocycles. The summed E-state index contributed by atoms with van der Waals surface area (Å²) in [6, 6.07) is 0. The van der Waals surface area contributed by atoms with Crippen LogP contribution in [0.4, 0.5) is 0 Å². The molecule has 4 heteroatoms. The highest BCUT2D eigenvalue weighted by molar-refractivity contribution is 5.73. The van der Waals surface area contributed by atoms with Crippen LogP contribution in [-0.4, -0.2) is 35.5 Å². The zero-order valence-corrected chi connectivity index (χ0v) is 9.85. The Kier molecular flexibility index (Phi) is 2.97. The first-order chi connectivity index (χ1) is 7.50. The summed E-state index contributed by atoms with van der Waals surface area (Å²) in [5, 5.41) is 19.9. The fourth-order valence-electron chi connectivity index (χ4n) is 3.55. The standard InChI is InChI=1S/C12H20O4/c1-12-6-5-8(13)10(11(15)16-2)7(12)3-4-9(12)14/h7-10,13-14H,3-6H2,1-2H3/t7-,8?,9-,10-,12-/m0/s1. The molecule has 0 aromatic rings. The van der Waals surface area contributed by atoms with Gasteiger partial charge in [-0.1, -0.05) is 6.92 Å². The summed E-state index contributed by atoms with van der Waals surface area (Å²) >= 11 is 0. The first-order valence-electron chi connectivity index (χ1n) is 5.94. The molecule has 2 aliphatic carbocycles. The number of fused-ring (bicyclic) bond motifs is 1. The molecule has 4 nitrogen and oxygen atoms in total. The molecular weight excluding hydrogens is 208 g/mol. The highest BCUT2D eigenvalue weighted by atomic mass is 16.5. The van der Waals surface area contributed by atoms with Gasteiger partial charge in [-0.05, 0) is 37.0 Å². The maximum atomic E-state index is 11.7. The number of esters is 1. The number of hydrogen-bond acceptors (Lipinski definition) is 4. The van der Waals surface area contributed by atoms with E-state index in [1.54, 1.807) is 0 Å². The van der Waals surface area contributed by atoms with E-state index in [2.05, 4.69) is 0 Å². The molecule has 0 aliphatic heterocycles. The Morgan fingerprint density at radius 2 is 2.00 bits per heavy atom. The lowest BCUT2D eigenvalue weighted by atomic mass is 9.62. The Morgan fingerprint density at radius 1 is 1.31 bits per heavy atom. The van der Waals surface area contributed by atoms with Crippen molar-refractivity contribution in [3.8, 4) is 0 Å². The SMILES string of the molecule is COC(=O)[C@@H]1C(O)CC[C@]2(C)[C@@H](O)CC[C@@H]12. The predicted molar refractivity (Wildman–Crippen MR) is 57.6 cm³/mol. The zero-order chi connectivity index (χ0) is 11.9. The van der Waals surface area contributed by atoms with Crippen molar-refractivity contribution in [3.05, 3.63) is 0 Å². The smallest absolute Gasteiger partial charge is 0.311 e. The molecule has 2 rings (SSSR count). The van der Waals surface area contributed by atoms with E-state index in [1.165, 1.54) is 7.11 Å². The summed E-state index contributed by atoms with van der Waals surface area (Å²) in [4.78, 5) is 11.7. The van der Waals surface area contributed by atoms with Crippen molar-refractivity contribution >= 4 is 5.97 Å². The lowest BCUT2D eigenvalue weighted by Gasteiger charge is -2.44. The average Bonchev–Trinajstić information content (AvgIpc) is 2.56. The monoisotopic (exact) mass is 228 g/mol. The molecule has 0 spiro atoms. The first kappa shape index (κ1) is 11.9. The van der Waals surface area contributed by atoms with Gasteiger partial charge >= 0.3 is 5.97 Å². The maximum absolute atomic E-state index is 11.7. The van der Waals surface area contributed by atoms with Crippen LogP contribution in [0.1, 0.15) is 32.6 Å². The van der Waals surface area contributed by atoms with Crippen molar-refractivity contribution in [3.63, 3.8) is 0 Å². The molecule has 0 aromatic carbocycles. The van der Waals surface area contributed by atoms with Gasteiger partial charge in [-0.25, -0.2) is 0 Å². The fraction of sp³-hybridized carbons (Fsp3) is 0.917. The van der Waals surface area contributed by atoms with Crippen LogP contribution in [0.3, 0.4) is 0 Å². The fourth-order valence-corrected chi connectivity index (χ4v) is 3.55. The molecule has 92 valence electrons. The molecule has 2 aliphatic rings. The molecule has 0 amide bonds. The minimum absolute atomic E-state index is 0.0544. The van der Waals surface area contributed by atoms with Gasteiger partial charge in [0.15, 0.2) is 0 Å². The third-order valence-electron chi connectivity index (χ3n) is 4.66. The normalized spacial score (nSPS) is 47.5. The van der Waals surface area contributed by atoms with Crippen molar-refractivity contribution in [1.82, 2.24) is 0 Å². The van der Waals surface area contributed by atoms with Gasteiger partial charge in [-0.2, -0.15) is 0 Å². The van der Waals surface area contributed by atoms with Gasteiger partial charge in [-0.3, -0.25) is 4.79 Å². The van der Waals surface area contributed by atoms with E-state index in [0.717, 1.165) is 19.3 Å². The molecule has 0 saturated heterocycles. The van der Waals surface area contributed by atoms with Crippen LogP contribution in [0.2, 0.25) is 0 Å². The Morgan fingerprint density at radius 3 is 2.62 bits per heavy atom. The quantitative estimate of drug-likeness (QED) is 0.649. The van der Waals surface area contributed by atoms with E-state index in [4.69, 9.17) is 4.74 Å². The van der Waals surface area contributed by atoms with Gasteiger partial charge in [0.25, 0.3) is 0 Å². The van der Waals surface area contributed by atoms with Crippen LogP contribution in [0.5, 0.6) is 0 Å². The van der Waals surface area contributed by atoms with Crippen LogP contribution in [0, 0.1) is 17.3 Å². The summed E-state index contributed by atoms with van der Waals surface area (Å²) in [6.07, 6.45) is 1.92. The van der Waals surface area contributed by atoms with Crippen LogP contribution in [0.25, 0.3) is 0 Å². The molecule has 0 bridgehead atoms. The summed E-state index contributed by atoms with van der Waals surface area (Å²) in [5.74, 6) is -0.739. The van der Waals surface area contributed by atoms with E-state index < -0.39 is 12.0 Å². The first-order valence-corrected chi connectivity index (χ1v) is 5.94. The van der Waals surface area contributed by atoms with Crippen LogP contribution in [0.15, 0.2) is 0 Å². The lowest BCUT2D eigenvalue weighted by molar-refractivity contribution is -0.161. The number of rotatable bonds is 1. The number of aliphatic hydroxyl groups is 2. The van der Waals surface area contributed by atoms with Gasteiger partial charge < -0.3 is 14.9 Å². The zero-order valence-electron chi connectivity index (χ0n) is 9.85. The van der Waals surface area contributed by atoms with Crippen molar-refractivity contribution < 1.29 is 19.7 Å². The van der Waals surface area contributed by atoms with Crippen molar-refractivity contribution in [2.75, 3.05) is 7.11 Å². The number of carbonyl (C=O) groups is 1. The number of methoxy groups -OCH3 is 1. The van der Waals surface area contributed by atoms with Gasteiger partial charge in [0.2, 0.25) is 0 Å². The molecular formula is C12H20O4. The number of ether oxygens (including phenoxy) is 1. The molecule has 2 fully saturated rings. The molecule has 5 atom stereocenters. The Balaban J connectivity index is 2.26. The summed E-state index contributed by atoms with van der Waals surface area (Å²) in [5.41, 5.74) is -0.224. The van der Waals surface area contributed by atoms with Gasteiger partial charge in [-0.15, -0.1) is 0 Å². The minimum Gasteiger partial charge on any atom is -0.469 e. The molecule has 2 N–H and O–H groups in total. The third kappa shape index (κ3) is 1.55. The van der Waals surface area contributed by atoms with Crippen molar-refractivity contribution in [2.45, 2.75) is 44.8 Å². The van der Waals surface area contributed by atoms with E-state index in [9.17, 15) is 15.0 Å². The minimum atomic E-state index is -0.615. The molecule has 16 heavy (non-hydrogen) atoms. The average molecular weight is 228 g/mol. The van der Waals surface area contributed by atoms with Gasteiger partial charge in [0.1, 0.15) is 0 Å². The van der Waals surface area contributed by atoms with Crippen molar-refractivity contribution in [2.24, 2.45) is 17.3 Å². The predicted octanol–water partition coefficient (Wildman–Crippen LogP) is 0.707. The second-order valence-corrected chi connectivity index (χ2v) is 5.36. The summed E-state index contributed by atoms with van der Waals surface area (Å²) < 4.78 is 4.77. The second-order valence-electron chi connectivity index (χ2n) is 5.36. The maximum Gasteiger partial charge on any atom is 0.311 e. The Hall–Kier alpha value is -0.610. The highest BCUT2D eigenvalue weighted by Crippen LogP contribution is 2.54. The number of hydrogen-bond donors (Lipinski definition) is 2. The van der Waals surface area contributed by atoms with E-state index in [0.29, 0.717) is 6.42 Å². The third-order valence-corrected chi connectivity index (χ3v) is 4.66. The molecule has 1 unspecified atom stereocenters. The van der Waals surface area contributed by atoms with Crippen LogP contribution < -0.4 is 0 Å². The summed E-state index contributed by atoms with van der Waals surface area (Å²) in [7, 11) is 1.35. The molecule has 0 radical (unpaired) electrons. The topological polar surface area (TPSA) is 66.8 Å². The number of aliphatic hydroxyl groups excluding tert-OH is 2. The van der Waals surface area contributed by atoms with E-state index in [-0.39, 0.29) is 23.4 Å². The molecule has 2 saturated carbocycles. The largest absolute Gasteiger partial charge is 0.469 e. The Labute approximate surface area is 95.6 Å². The second kappa shape index (κ2) is 4.00. The van der Waals surface area contributed by atoms with Crippen molar-refractivity contribution in [1.29, 1.82) is 0 Å². The van der Waals surface area contributed by atoms with Crippen LogP contribution in [-0.2, 0) is 9.53 Å². The summed E-state index contributed by atoms with van der Waals surface area (Å²) in [6.45, 7) is 2.02. The van der Waals surface area contributed by atoms with E-state index in [1.807, 2.05) is 6.92 Å². The van der Waals surface area contributed by atoms with Gasteiger partial charge in [0, 0.05) is 0 Å². The van der Waals surface area contributed by atoms with Crippen LogP contribution >= 0.6 is 0 Å². The molecule has 0 heterocycles. The van der Waals surface area contributed by atoms with Gasteiger partial charge in [0.05, 0.1) is 25.2 Å². The Bertz CT molecular complexity index is 291. The highest BCUT2D eigenvalue weighted by Gasteiger charge is 2.55.